The molecular formula is C21H28N4O3. The molecule has 7 heteroatoms. The lowest BCUT2D eigenvalue weighted by molar-refractivity contribution is 0.0965. The summed E-state index contributed by atoms with van der Waals surface area (Å²) in [6, 6.07) is 1.74. The van der Waals surface area contributed by atoms with Crippen molar-refractivity contribution in [1.82, 2.24) is 14.9 Å². The average molecular weight is 384 g/mol. The van der Waals surface area contributed by atoms with E-state index in [1.165, 1.54) is 0 Å². The molecule has 7 nitrogen and oxygen atoms in total. The van der Waals surface area contributed by atoms with Crippen LogP contribution in [0.4, 0.5) is 5.69 Å². The molecule has 1 aliphatic carbocycles. The largest absolute Gasteiger partial charge is 0.490 e. The number of aromatic amines is 1. The van der Waals surface area contributed by atoms with Crippen LogP contribution < -0.4 is 10.1 Å². The Morgan fingerprint density at radius 3 is 2.86 bits per heavy atom. The van der Waals surface area contributed by atoms with E-state index in [4.69, 9.17) is 4.74 Å². The molecule has 2 aromatic rings. The number of carbonyl (C=O) groups excluding carboxylic acids is 2. The number of aromatic nitrogens is 2. The third-order valence-electron chi connectivity index (χ3n) is 5.15. The van der Waals surface area contributed by atoms with Gasteiger partial charge >= 0.3 is 0 Å². The predicted molar refractivity (Wildman–Crippen MR) is 108 cm³/mol. The first-order chi connectivity index (χ1) is 13.6. The Labute approximate surface area is 165 Å². The highest BCUT2D eigenvalue weighted by Gasteiger charge is 2.25. The van der Waals surface area contributed by atoms with Crippen molar-refractivity contribution in [2.75, 3.05) is 31.6 Å². The van der Waals surface area contributed by atoms with Crippen molar-refractivity contribution in [2.24, 2.45) is 0 Å². The average Bonchev–Trinajstić information content (AvgIpc) is 3.05. The second kappa shape index (κ2) is 9.50. The zero-order valence-electron chi connectivity index (χ0n) is 16.6. The molecule has 2 heterocycles. The predicted octanol–water partition coefficient (Wildman–Crippen LogP) is 3.29. The summed E-state index contributed by atoms with van der Waals surface area (Å²) >= 11 is 0. The van der Waals surface area contributed by atoms with Gasteiger partial charge in [-0.2, -0.15) is 0 Å². The number of ether oxygens (including phenoxy) is 1. The minimum Gasteiger partial charge on any atom is -0.490 e. The van der Waals surface area contributed by atoms with Crippen LogP contribution in [0.15, 0.2) is 24.7 Å². The first-order valence-corrected chi connectivity index (χ1v) is 9.98. The number of nitrogens with one attached hydrogen (secondary N) is 2. The number of fused-ring (bicyclic) bond motifs is 1. The van der Waals surface area contributed by atoms with E-state index in [2.05, 4.69) is 34.0 Å². The Balaban J connectivity index is 1.72. The third-order valence-corrected chi connectivity index (χ3v) is 5.15. The fraction of sp³-hybridized carbons (Fsp3) is 0.476. The van der Waals surface area contributed by atoms with E-state index < -0.39 is 0 Å². The molecule has 150 valence electrons. The first kappa shape index (κ1) is 20.1. The van der Waals surface area contributed by atoms with Crippen LogP contribution in [0, 0.1) is 0 Å². The molecule has 0 unspecified atom stereocenters. The summed E-state index contributed by atoms with van der Waals surface area (Å²) in [6.07, 6.45) is 7.91. The molecule has 0 saturated carbocycles. The number of likely N-dealkylation sites (N-methyl/N-ethyl adjacent to an activating group) is 1. The van der Waals surface area contributed by atoms with Crippen molar-refractivity contribution >= 4 is 17.4 Å². The summed E-state index contributed by atoms with van der Waals surface area (Å²) < 4.78 is 5.87. The van der Waals surface area contributed by atoms with Crippen LogP contribution in [0.2, 0.25) is 0 Å². The van der Waals surface area contributed by atoms with E-state index in [-0.39, 0.29) is 11.7 Å². The van der Waals surface area contributed by atoms with Gasteiger partial charge in [0.1, 0.15) is 18.0 Å². The van der Waals surface area contributed by atoms with Crippen molar-refractivity contribution in [3.63, 3.8) is 0 Å². The number of Topliss-reactive ketones (excluding diaryl/α,β-unsaturated/α-hetero) is 1. The lowest BCUT2D eigenvalue weighted by Gasteiger charge is -2.19. The maximum absolute atomic E-state index is 12.9. The van der Waals surface area contributed by atoms with Crippen molar-refractivity contribution in [2.45, 2.75) is 39.5 Å². The van der Waals surface area contributed by atoms with Gasteiger partial charge in [-0.3, -0.25) is 14.6 Å². The van der Waals surface area contributed by atoms with Gasteiger partial charge in [0.15, 0.2) is 5.78 Å². The van der Waals surface area contributed by atoms with E-state index in [1.54, 1.807) is 24.7 Å². The van der Waals surface area contributed by atoms with Gasteiger partial charge in [-0.1, -0.05) is 13.8 Å². The summed E-state index contributed by atoms with van der Waals surface area (Å²) in [6.45, 7) is 7.49. The molecule has 3 rings (SSSR count). The van der Waals surface area contributed by atoms with Crippen LogP contribution >= 0.6 is 0 Å². The SMILES string of the molecule is CCN(CC)CCOc1ccncc1NC(=O)c1c[nH]c2c1C(=O)CCCC2. The molecule has 0 spiro atoms. The molecule has 2 N–H and O–H groups in total. The van der Waals surface area contributed by atoms with Gasteiger partial charge in [0.25, 0.3) is 5.91 Å². The van der Waals surface area contributed by atoms with E-state index in [0.717, 1.165) is 44.6 Å². The number of rotatable bonds is 8. The highest BCUT2D eigenvalue weighted by atomic mass is 16.5. The highest BCUT2D eigenvalue weighted by molar-refractivity contribution is 6.13. The quantitative estimate of drug-likeness (QED) is 0.682. The summed E-state index contributed by atoms with van der Waals surface area (Å²) in [4.78, 5) is 34.7. The number of aryl methyl sites for hydroxylation is 1. The Hall–Kier alpha value is -2.67. The fourth-order valence-electron chi connectivity index (χ4n) is 3.49. The molecule has 0 bridgehead atoms. The number of pyridine rings is 1. The van der Waals surface area contributed by atoms with Gasteiger partial charge in [0, 0.05) is 37.1 Å². The standard InChI is InChI=1S/C21H28N4O3/c1-3-25(4-2)11-12-28-19-9-10-22-14-17(19)24-21(27)15-13-23-16-7-5-6-8-18(26)20(15)16/h9-10,13-14,23H,3-8,11-12H2,1-2H3,(H,24,27). The molecular weight excluding hydrogens is 356 g/mol. The number of amides is 1. The molecule has 0 radical (unpaired) electrons. The van der Waals surface area contributed by atoms with Gasteiger partial charge in [-0.25, -0.2) is 0 Å². The molecule has 0 atom stereocenters. The van der Waals surface area contributed by atoms with Crippen molar-refractivity contribution in [3.8, 4) is 5.75 Å². The van der Waals surface area contributed by atoms with Crippen molar-refractivity contribution in [3.05, 3.63) is 41.5 Å². The molecule has 0 fully saturated rings. The second-order valence-electron chi connectivity index (χ2n) is 6.89. The summed E-state index contributed by atoms with van der Waals surface area (Å²) in [5.74, 6) is 0.276. The molecule has 28 heavy (non-hydrogen) atoms. The van der Waals surface area contributed by atoms with Crippen LogP contribution in [0.25, 0.3) is 0 Å². The molecule has 1 amide bonds. The summed E-state index contributed by atoms with van der Waals surface area (Å²) in [7, 11) is 0. The maximum atomic E-state index is 12.9. The topological polar surface area (TPSA) is 87.3 Å². The van der Waals surface area contributed by atoms with Gasteiger partial charge in [0.05, 0.1) is 17.3 Å². The van der Waals surface area contributed by atoms with E-state index >= 15 is 0 Å². The number of nitrogens with zero attached hydrogens (tertiary/aromatic N) is 2. The summed E-state index contributed by atoms with van der Waals surface area (Å²) in [5, 5.41) is 2.86. The molecule has 0 aliphatic heterocycles. The van der Waals surface area contributed by atoms with Crippen LogP contribution in [0.3, 0.4) is 0 Å². The number of hydrogen-bond donors (Lipinski definition) is 2. The zero-order chi connectivity index (χ0) is 19.9. The van der Waals surface area contributed by atoms with Crippen LogP contribution in [-0.4, -0.2) is 52.8 Å². The Morgan fingerprint density at radius 1 is 1.29 bits per heavy atom. The van der Waals surface area contributed by atoms with Gasteiger partial charge in [-0.05, 0) is 32.4 Å². The number of anilines is 1. The molecule has 0 saturated heterocycles. The number of hydrogen-bond acceptors (Lipinski definition) is 5. The zero-order valence-corrected chi connectivity index (χ0v) is 16.6. The lowest BCUT2D eigenvalue weighted by atomic mass is 10.0. The minimum absolute atomic E-state index is 0.0285. The molecule has 0 aromatic carbocycles. The number of carbonyl (C=O) groups is 2. The normalized spacial score (nSPS) is 13.9. The van der Waals surface area contributed by atoms with Crippen LogP contribution in [0.5, 0.6) is 5.75 Å². The highest BCUT2D eigenvalue weighted by Crippen LogP contribution is 2.27. The van der Waals surface area contributed by atoms with E-state index in [1.807, 2.05) is 0 Å². The smallest absolute Gasteiger partial charge is 0.258 e. The van der Waals surface area contributed by atoms with E-state index in [0.29, 0.717) is 35.6 Å². The Morgan fingerprint density at radius 2 is 2.07 bits per heavy atom. The second-order valence-corrected chi connectivity index (χ2v) is 6.89. The third kappa shape index (κ3) is 4.59. The number of ketones is 1. The summed E-state index contributed by atoms with van der Waals surface area (Å²) in [5.41, 5.74) is 2.28. The van der Waals surface area contributed by atoms with Gasteiger partial charge in [-0.15, -0.1) is 0 Å². The van der Waals surface area contributed by atoms with Crippen molar-refractivity contribution < 1.29 is 14.3 Å². The monoisotopic (exact) mass is 384 g/mol. The fourth-order valence-corrected chi connectivity index (χ4v) is 3.49. The van der Waals surface area contributed by atoms with Crippen molar-refractivity contribution in [1.29, 1.82) is 0 Å². The Bertz CT molecular complexity index is 827. The van der Waals surface area contributed by atoms with Gasteiger partial charge < -0.3 is 19.9 Å². The first-order valence-electron chi connectivity index (χ1n) is 9.98. The lowest BCUT2D eigenvalue weighted by Crippen LogP contribution is -2.28. The maximum Gasteiger partial charge on any atom is 0.258 e. The van der Waals surface area contributed by atoms with Crippen LogP contribution in [0.1, 0.15) is 59.5 Å². The Kier molecular flexibility index (Phi) is 6.81. The number of H-pyrrole nitrogens is 1. The van der Waals surface area contributed by atoms with Crippen LogP contribution in [-0.2, 0) is 6.42 Å². The minimum atomic E-state index is -0.325. The van der Waals surface area contributed by atoms with Gasteiger partial charge in [0.2, 0.25) is 0 Å². The van der Waals surface area contributed by atoms with E-state index in [9.17, 15) is 9.59 Å². The molecule has 1 aliphatic rings. The molecule has 2 aromatic heterocycles.